The highest BCUT2D eigenvalue weighted by atomic mass is 16.3. The fourth-order valence-corrected chi connectivity index (χ4v) is 7.96. The predicted octanol–water partition coefficient (Wildman–Crippen LogP) is 14.5. The van der Waals surface area contributed by atoms with Gasteiger partial charge in [0.2, 0.25) is 5.89 Å². The van der Waals surface area contributed by atoms with Gasteiger partial charge in [0.1, 0.15) is 16.7 Å². The fourth-order valence-electron chi connectivity index (χ4n) is 7.96. The maximum atomic E-state index is 6.53. The van der Waals surface area contributed by atoms with Gasteiger partial charge in [-0.2, -0.15) is 0 Å². The monoisotopic (exact) mass is 704 g/mol. The van der Waals surface area contributed by atoms with Crippen LogP contribution in [-0.4, -0.2) is 4.98 Å². The number of benzene rings is 9. The maximum Gasteiger partial charge on any atom is 0.227 e. The van der Waals surface area contributed by atoms with E-state index >= 15 is 0 Å². The summed E-state index contributed by atoms with van der Waals surface area (Å²) < 4.78 is 12.9. The Morgan fingerprint density at radius 3 is 1.84 bits per heavy atom. The first-order valence-corrected chi connectivity index (χ1v) is 18.5. The molecule has 11 aromatic rings. The molecule has 0 aliphatic carbocycles. The smallest absolute Gasteiger partial charge is 0.227 e. The second-order valence-corrected chi connectivity index (χ2v) is 14.0. The van der Waals surface area contributed by atoms with Crippen molar-refractivity contribution in [3.63, 3.8) is 0 Å². The molecule has 11 rings (SSSR count). The molecule has 0 bridgehead atoms. The van der Waals surface area contributed by atoms with Crippen molar-refractivity contribution in [2.24, 2.45) is 0 Å². The van der Waals surface area contributed by atoms with Crippen LogP contribution in [0.5, 0.6) is 0 Å². The van der Waals surface area contributed by atoms with E-state index < -0.39 is 0 Å². The largest absolute Gasteiger partial charge is 0.456 e. The highest BCUT2D eigenvalue weighted by Crippen LogP contribution is 2.41. The molecule has 0 saturated heterocycles. The van der Waals surface area contributed by atoms with Crippen LogP contribution in [0.2, 0.25) is 0 Å². The molecule has 0 amide bonds. The highest BCUT2D eigenvalue weighted by Gasteiger charge is 2.18. The minimum Gasteiger partial charge on any atom is -0.456 e. The molecule has 0 spiro atoms. The molecular formula is C51H32N2O2. The molecule has 0 atom stereocenters. The number of rotatable bonds is 6. The second-order valence-electron chi connectivity index (χ2n) is 14.0. The third-order valence-electron chi connectivity index (χ3n) is 10.7. The van der Waals surface area contributed by atoms with Crippen molar-refractivity contribution in [3.8, 4) is 33.7 Å². The van der Waals surface area contributed by atoms with E-state index in [0.29, 0.717) is 5.89 Å². The van der Waals surface area contributed by atoms with E-state index in [-0.39, 0.29) is 0 Å². The van der Waals surface area contributed by atoms with Crippen molar-refractivity contribution < 1.29 is 8.83 Å². The molecule has 4 nitrogen and oxygen atoms in total. The van der Waals surface area contributed by atoms with Crippen LogP contribution < -0.4 is 4.90 Å². The minimum absolute atomic E-state index is 0.627. The summed E-state index contributed by atoms with van der Waals surface area (Å²) in [5.41, 5.74) is 12.1. The van der Waals surface area contributed by atoms with Gasteiger partial charge in [-0.25, -0.2) is 4.98 Å². The Balaban J connectivity index is 1.05. The molecule has 0 fully saturated rings. The maximum absolute atomic E-state index is 6.53. The van der Waals surface area contributed by atoms with Crippen molar-refractivity contribution in [2.75, 3.05) is 4.90 Å². The van der Waals surface area contributed by atoms with Gasteiger partial charge in [0.05, 0.1) is 0 Å². The molecule has 0 aliphatic heterocycles. The van der Waals surface area contributed by atoms with Crippen molar-refractivity contribution >= 4 is 71.6 Å². The average Bonchev–Trinajstić information content (AvgIpc) is 3.86. The van der Waals surface area contributed by atoms with E-state index in [2.05, 4.69) is 157 Å². The Morgan fingerprint density at radius 2 is 0.982 bits per heavy atom. The molecule has 0 radical (unpaired) electrons. The number of aromatic nitrogens is 1. The number of para-hydroxylation sites is 1. The van der Waals surface area contributed by atoms with Gasteiger partial charge < -0.3 is 13.7 Å². The molecule has 4 heteroatoms. The normalized spacial score (nSPS) is 11.6. The third-order valence-corrected chi connectivity index (χ3v) is 10.7. The zero-order valence-electron chi connectivity index (χ0n) is 29.7. The number of hydrogen-bond donors (Lipinski definition) is 0. The molecule has 0 N–H and O–H groups in total. The van der Waals surface area contributed by atoms with Crippen LogP contribution in [0.3, 0.4) is 0 Å². The third kappa shape index (κ3) is 5.34. The van der Waals surface area contributed by atoms with Crippen molar-refractivity contribution in [3.05, 3.63) is 194 Å². The molecule has 2 heterocycles. The fraction of sp³-hybridized carbons (Fsp3) is 0. The summed E-state index contributed by atoms with van der Waals surface area (Å²) in [5, 5.41) is 6.69. The molecule has 55 heavy (non-hydrogen) atoms. The van der Waals surface area contributed by atoms with Crippen molar-refractivity contribution in [2.45, 2.75) is 0 Å². The first-order chi connectivity index (χ1) is 27.2. The van der Waals surface area contributed by atoms with Gasteiger partial charge in [0, 0.05) is 44.9 Å². The van der Waals surface area contributed by atoms with Gasteiger partial charge in [-0.3, -0.25) is 0 Å². The molecule has 0 unspecified atom stereocenters. The zero-order valence-corrected chi connectivity index (χ0v) is 29.7. The summed E-state index contributed by atoms with van der Waals surface area (Å²) in [6.07, 6.45) is 0. The minimum atomic E-state index is 0.627. The summed E-state index contributed by atoms with van der Waals surface area (Å²) in [6.45, 7) is 0. The topological polar surface area (TPSA) is 42.4 Å². The van der Waals surface area contributed by atoms with Crippen LogP contribution in [0.4, 0.5) is 17.1 Å². The lowest BCUT2D eigenvalue weighted by molar-refractivity contribution is 0.623. The van der Waals surface area contributed by atoms with E-state index in [1.165, 1.54) is 11.1 Å². The summed E-state index contributed by atoms with van der Waals surface area (Å²) in [4.78, 5) is 7.19. The number of fused-ring (bicyclic) bond motifs is 8. The summed E-state index contributed by atoms with van der Waals surface area (Å²) >= 11 is 0. The van der Waals surface area contributed by atoms with Crippen molar-refractivity contribution in [1.82, 2.24) is 4.98 Å². The van der Waals surface area contributed by atoms with E-state index in [4.69, 9.17) is 13.8 Å². The number of oxazole rings is 1. The van der Waals surface area contributed by atoms with Crippen LogP contribution in [0, 0.1) is 0 Å². The van der Waals surface area contributed by atoms with Gasteiger partial charge in [-0.15, -0.1) is 0 Å². The zero-order chi connectivity index (χ0) is 36.3. The van der Waals surface area contributed by atoms with Crippen molar-refractivity contribution in [1.29, 1.82) is 0 Å². The number of anilines is 3. The molecule has 0 aliphatic rings. The first-order valence-electron chi connectivity index (χ1n) is 18.5. The van der Waals surface area contributed by atoms with E-state index in [1.807, 2.05) is 42.5 Å². The standard InChI is InChI=1S/C51H32N2O2/c1-3-10-33(11-4-1)34-22-25-40(26-23-34)53(42-27-28-44-43-16-7-8-17-47(43)54-48(44)32-42)41-15-9-14-38(30-41)39-21-19-35-18-20-36-24-29-46-50(49(36)45(35)31-39)55-51(52-46)37-12-5-2-6-13-37/h1-32H. The molecular weight excluding hydrogens is 673 g/mol. The number of hydrogen-bond acceptors (Lipinski definition) is 4. The van der Waals surface area contributed by atoms with E-state index in [1.54, 1.807) is 0 Å². The highest BCUT2D eigenvalue weighted by molar-refractivity contribution is 6.18. The van der Waals surface area contributed by atoms with Gasteiger partial charge in [-0.05, 0) is 105 Å². The summed E-state index contributed by atoms with van der Waals surface area (Å²) in [6, 6.07) is 68.2. The van der Waals surface area contributed by atoms with Crippen LogP contribution in [0.1, 0.15) is 0 Å². The lowest BCUT2D eigenvalue weighted by Gasteiger charge is -2.26. The summed E-state index contributed by atoms with van der Waals surface area (Å²) in [7, 11) is 0. The quantitative estimate of drug-likeness (QED) is 0.162. The van der Waals surface area contributed by atoms with E-state index in [9.17, 15) is 0 Å². The van der Waals surface area contributed by atoms with Crippen LogP contribution in [0.15, 0.2) is 203 Å². The number of furan rings is 1. The lowest BCUT2D eigenvalue weighted by atomic mass is 9.96. The Kier molecular flexibility index (Phi) is 7.14. The van der Waals surface area contributed by atoms with Gasteiger partial charge in [0.25, 0.3) is 0 Å². The van der Waals surface area contributed by atoms with Gasteiger partial charge in [0.15, 0.2) is 5.58 Å². The predicted molar refractivity (Wildman–Crippen MR) is 227 cm³/mol. The van der Waals surface area contributed by atoms with Crippen LogP contribution in [0.25, 0.3) is 88.3 Å². The SMILES string of the molecule is c1ccc(-c2ccc(N(c3cccc(-c4ccc5ccc6ccc7nc(-c8ccccc8)oc7c6c5c4)c3)c3ccc4c(c3)oc3ccccc34)cc2)cc1. The number of nitrogens with zero attached hydrogens (tertiary/aromatic N) is 2. The Hall–Kier alpha value is -7.43. The molecule has 258 valence electrons. The molecule has 0 saturated carbocycles. The Morgan fingerprint density at radius 1 is 0.364 bits per heavy atom. The average molecular weight is 705 g/mol. The van der Waals surface area contributed by atoms with Gasteiger partial charge in [-0.1, -0.05) is 121 Å². The Labute approximate surface area is 317 Å². The van der Waals surface area contributed by atoms with E-state index in [0.717, 1.165) is 88.3 Å². The first kappa shape index (κ1) is 31.1. The molecule has 2 aromatic heterocycles. The second kappa shape index (κ2) is 12.6. The Bertz CT molecular complexity index is 3200. The van der Waals surface area contributed by atoms with Crippen LogP contribution >= 0.6 is 0 Å². The summed E-state index contributed by atoms with van der Waals surface area (Å²) in [5.74, 6) is 0.627. The lowest BCUT2D eigenvalue weighted by Crippen LogP contribution is -2.10. The molecule has 9 aromatic carbocycles. The van der Waals surface area contributed by atoms with Gasteiger partial charge >= 0.3 is 0 Å². The van der Waals surface area contributed by atoms with Crippen LogP contribution in [-0.2, 0) is 0 Å².